The summed E-state index contributed by atoms with van der Waals surface area (Å²) in [7, 11) is 0. The van der Waals surface area contributed by atoms with Crippen molar-refractivity contribution in [2.45, 2.75) is 45.2 Å². The molecular formula is C32H30ClN5. The summed E-state index contributed by atoms with van der Waals surface area (Å²) < 4.78 is 0. The highest BCUT2D eigenvalue weighted by Crippen LogP contribution is 2.37. The van der Waals surface area contributed by atoms with Gasteiger partial charge in [-0.3, -0.25) is 0 Å². The lowest BCUT2D eigenvalue weighted by Crippen LogP contribution is -2.42. The molecule has 0 saturated heterocycles. The van der Waals surface area contributed by atoms with E-state index in [1.807, 2.05) is 68.4 Å². The number of rotatable bonds is 9. The van der Waals surface area contributed by atoms with Gasteiger partial charge >= 0.3 is 0 Å². The number of nitriles is 2. The quantitative estimate of drug-likeness (QED) is 0.251. The van der Waals surface area contributed by atoms with E-state index in [1.165, 1.54) is 6.33 Å². The van der Waals surface area contributed by atoms with Gasteiger partial charge in [0.25, 0.3) is 0 Å². The molecular weight excluding hydrogens is 490 g/mol. The highest BCUT2D eigenvalue weighted by molar-refractivity contribution is 6.30. The first-order valence-electron chi connectivity index (χ1n) is 12.6. The molecule has 0 aliphatic carbocycles. The summed E-state index contributed by atoms with van der Waals surface area (Å²) in [5, 5.41) is 24.2. The second-order valence-corrected chi connectivity index (χ2v) is 10.6. The van der Waals surface area contributed by atoms with Crippen molar-refractivity contribution in [1.82, 2.24) is 15.3 Å². The molecule has 3 atom stereocenters. The maximum atomic E-state index is 10.2. The van der Waals surface area contributed by atoms with E-state index in [1.54, 1.807) is 12.4 Å². The van der Waals surface area contributed by atoms with Crippen molar-refractivity contribution in [3.05, 3.63) is 119 Å². The molecule has 0 amide bonds. The summed E-state index contributed by atoms with van der Waals surface area (Å²) >= 11 is 6.14. The van der Waals surface area contributed by atoms with Crippen LogP contribution in [0.25, 0.3) is 11.1 Å². The van der Waals surface area contributed by atoms with Crippen LogP contribution in [0.15, 0.2) is 91.5 Å². The number of aromatic nitrogens is 2. The SMILES string of the molecule is C[C@H](NC(c1cccc(-c2cncnc2)c1)C(C)(C)C#N)[C@@H](Cc1ccc(Cl)cc1)c1cccc(C#N)c1. The van der Waals surface area contributed by atoms with Gasteiger partial charge in [-0.25, -0.2) is 9.97 Å². The summed E-state index contributed by atoms with van der Waals surface area (Å²) in [4.78, 5) is 8.31. The van der Waals surface area contributed by atoms with Crippen LogP contribution in [-0.4, -0.2) is 16.0 Å². The lowest BCUT2D eigenvalue weighted by molar-refractivity contribution is 0.281. The fourth-order valence-corrected chi connectivity index (χ4v) is 4.93. The third-order valence-electron chi connectivity index (χ3n) is 6.97. The Kier molecular flexibility index (Phi) is 8.54. The first kappa shape index (κ1) is 27.0. The number of hydrogen-bond acceptors (Lipinski definition) is 5. The van der Waals surface area contributed by atoms with E-state index in [0.717, 1.165) is 34.2 Å². The van der Waals surface area contributed by atoms with Gasteiger partial charge in [-0.2, -0.15) is 10.5 Å². The Hall–Kier alpha value is -4.03. The predicted molar refractivity (Wildman–Crippen MR) is 151 cm³/mol. The Morgan fingerprint density at radius 2 is 1.58 bits per heavy atom. The molecule has 0 bridgehead atoms. The molecule has 0 spiro atoms. The third kappa shape index (κ3) is 6.45. The topological polar surface area (TPSA) is 85.4 Å². The van der Waals surface area contributed by atoms with Gasteiger partial charge in [0, 0.05) is 34.9 Å². The van der Waals surface area contributed by atoms with Gasteiger partial charge in [-0.15, -0.1) is 0 Å². The minimum Gasteiger partial charge on any atom is -0.305 e. The third-order valence-corrected chi connectivity index (χ3v) is 7.22. The fourth-order valence-electron chi connectivity index (χ4n) is 4.81. The van der Waals surface area contributed by atoms with E-state index in [-0.39, 0.29) is 18.0 Å². The van der Waals surface area contributed by atoms with Crippen molar-refractivity contribution in [1.29, 1.82) is 10.5 Å². The van der Waals surface area contributed by atoms with Crippen molar-refractivity contribution in [3.8, 4) is 23.3 Å². The molecule has 0 aliphatic rings. The molecule has 0 fully saturated rings. The summed E-state index contributed by atoms with van der Waals surface area (Å²) in [5.74, 6) is 0.0483. The maximum Gasteiger partial charge on any atom is 0.115 e. The summed E-state index contributed by atoms with van der Waals surface area (Å²) in [6, 6.07) is 28.3. The minimum atomic E-state index is -0.695. The van der Waals surface area contributed by atoms with Crippen molar-refractivity contribution >= 4 is 11.6 Å². The smallest absolute Gasteiger partial charge is 0.115 e. The highest BCUT2D eigenvalue weighted by atomic mass is 35.5. The van der Waals surface area contributed by atoms with E-state index < -0.39 is 5.41 Å². The molecule has 0 aliphatic heterocycles. The second kappa shape index (κ2) is 12.0. The zero-order valence-electron chi connectivity index (χ0n) is 21.8. The predicted octanol–water partition coefficient (Wildman–Crippen LogP) is 7.26. The number of nitrogens with one attached hydrogen (secondary N) is 1. The molecule has 6 heteroatoms. The molecule has 0 radical (unpaired) electrons. The fraction of sp³-hybridized carbons (Fsp3) is 0.250. The van der Waals surface area contributed by atoms with Crippen LogP contribution >= 0.6 is 11.6 Å². The minimum absolute atomic E-state index is 0.0269. The normalized spacial score (nSPS) is 13.6. The summed E-state index contributed by atoms with van der Waals surface area (Å²) in [5.41, 5.74) is 5.09. The monoisotopic (exact) mass is 519 g/mol. The highest BCUT2D eigenvalue weighted by Gasteiger charge is 2.34. The van der Waals surface area contributed by atoms with Crippen molar-refractivity contribution in [2.75, 3.05) is 0 Å². The van der Waals surface area contributed by atoms with Crippen LogP contribution in [0, 0.1) is 28.1 Å². The van der Waals surface area contributed by atoms with Crippen molar-refractivity contribution < 1.29 is 0 Å². The molecule has 1 aromatic heterocycles. The maximum absolute atomic E-state index is 10.2. The Morgan fingerprint density at radius 1 is 0.895 bits per heavy atom. The zero-order chi connectivity index (χ0) is 27.1. The van der Waals surface area contributed by atoms with Gasteiger partial charge in [0.15, 0.2) is 0 Å². The average molecular weight is 520 g/mol. The Labute approximate surface area is 229 Å². The van der Waals surface area contributed by atoms with Crippen LogP contribution < -0.4 is 5.32 Å². The van der Waals surface area contributed by atoms with Crippen LogP contribution in [0.5, 0.6) is 0 Å². The standard InChI is InChI=1S/C32H30ClN5/c1-22(30(15-23-10-12-29(33)13-11-23)26-8-4-6-24(14-26)17-34)38-31(32(2,3)20-35)27-9-5-7-25(16-27)28-18-36-21-37-19-28/h4-14,16,18-19,21-22,30-31,38H,15H2,1-3H3/t22-,30+,31?/m0/s1. The van der Waals surface area contributed by atoms with E-state index in [4.69, 9.17) is 11.6 Å². The van der Waals surface area contributed by atoms with Gasteiger partial charge in [0.2, 0.25) is 0 Å². The van der Waals surface area contributed by atoms with Crippen LogP contribution in [0.4, 0.5) is 0 Å². The molecule has 3 aromatic carbocycles. The summed E-state index contributed by atoms with van der Waals surface area (Å²) in [6.07, 6.45) is 5.84. The molecule has 4 aromatic rings. The number of halogens is 1. The van der Waals surface area contributed by atoms with E-state index in [9.17, 15) is 10.5 Å². The van der Waals surface area contributed by atoms with E-state index in [2.05, 4.69) is 52.5 Å². The number of nitrogens with zero attached hydrogens (tertiary/aromatic N) is 4. The van der Waals surface area contributed by atoms with Crippen molar-refractivity contribution in [3.63, 3.8) is 0 Å². The summed E-state index contributed by atoms with van der Waals surface area (Å²) in [6.45, 7) is 6.06. The number of benzene rings is 3. The molecule has 190 valence electrons. The first-order chi connectivity index (χ1) is 18.3. The molecule has 1 heterocycles. The average Bonchev–Trinajstić information content (AvgIpc) is 2.96. The van der Waals surface area contributed by atoms with E-state index >= 15 is 0 Å². The van der Waals surface area contributed by atoms with Gasteiger partial charge in [-0.05, 0) is 79.8 Å². The van der Waals surface area contributed by atoms with Crippen LogP contribution in [-0.2, 0) is 6.42 Å². The van der Waals surface area contributed by atoms with Crippen molar-refractivity contribution in [2.24, 2.45) is 5.41 Å². The zero-order valence-corrected chi connectivity index (χ0v) is 22.5. The van der Waals surface area contributed by atoms with E-state index in [0.29, 0.717) is 10.6 Å². The molecule has 0 saturated carbocycles. The lowest BCUT2D eigenvalue weighted by Gasteiger charge is -2.36. The Morgan fingerprint density at radius 3 is 2.26 bits per heavy atom. The van der Waals surface area contributed by atoms with Crippen LogP contribution in [0.3, 0.4) is 0 Å². The molecule has 38 heavy (non-hydrogen) atoms. The molecule has 5 nitrogen and oxygen atoms in total. The Bertz CT molecular complexity index is 1450. The van der Waals surface area contributed by atoms with Gasteiger partial charge in [0.1, 0.15) is 6.33 Å². The number of hydrogen-bond donors (Lipinski definition) is 1. The molecule has 1 N–H and O–H groups in total. The molecule has 1 unspecified atom stereocenters. The van der Waals surface area contributed by atoms with Crippen LogP contribution in [0.1, 0.15) is 55.0 Å². The second-order valence-electron chi connectivity index (χ2n) is 10.1. The lowest BCUT2D eigenvalue weighted by atomic mass is 9.79. The van der Waals surface area contributed by atoms with Gasteiger partial charge in [0.05, 0.1) is 29.2 Å². The van der Waals surface area contributed by atoms with Gasteiger partial charge < -0.3 is 5.32 Å². The van der Waals surface area contributed by atoms with Gasteiger partial charge in [-0.1, -0.05) is 54.1 Å². The molecule has 4 rings (SSSR count). The largest absolute Gasteiger partial charge is 0.305 e. The van der Waals surface area contributed by atoms with Crippen LogP contribution in [0.2, 0.25) is 5.02 Å². The first-order valence-corrected chi connectivity index (χ1v) is 13.0. The Balaban J connectivity index is 1.71.